The van der Waals surface area contributed by atoms with E-state index < -0.39 is 0 Å². The molecule has 7 aromatic carbocycles. The highest BCUT2D eigenvalue weighted by molar-refractivity contribution is 6.74. The number of aromatic nitrogens is 1. The SMILES string of the molecule is Cc1ccc(Nc2ccccc2-c2cc(-c3ccccc3)c3c4ccccc4n4c3c2Bc2cc3oc5ccccc5c3cc2-4)cc1. The fraction of sp³-hybridized carbons (Fsp3) is 0.0233. The molecule has 3 heterocycles. The summed E-state index contributed by atoms with van der Waals surface area (Å²) in [7, 11) is 0.804. The van der Waals surface area contributed by atoms with Crippen molar-refractivity contribution in [1.29, 1.82) is 0 Å². The molecular formula is C43H29BN2O. The maximum atomic E-state index is 6.42. The Hall–Kier alpha value is -6.00. The normalized spacial score (nSPS) is 12.1. The third-order valence-corrected chi connectivity index (χ3v) is 9.86. The first kappa shape index (κ1) is 26.2. The molecule has 1 aliphatic rings. The molecule has 0 unspecified atom stereocenters. The van der Waals surface area contributed by atoms with Crippen molar-refractivity contribution in [3.05, 3.63) is 151 Å². The van der Waals surface area contributed by atoms with Crippen molar-refractivity contribution in [2.24, 2.45) is 0 Å². The number of nitrogens with one attached hydrogen (secondary N) is 1. The molecule has 0 radical (unpaired) electrons. The average Bonchev–Trinajstić information content (AvgIpc) is 3.66. The van der Waals surface area contributed by atoms with Crippen LogP contribution in [0.25, 0.3) is 71.7 Å². The van der Waals surface area contributed by atoms with Gasteiger partial charge in [0.25, 0.3) is 0 Å². The van der Waals surface area contributed by atoms with Gasteiger partial charge in [0, 0.05) is 49.7 Å². The number of aryl methyl sites for hydroxylation is 1. The van der Waals surface area contributed by atoms with E-state index in [0.29, 0.717) is 0 Å². The summed E-state index contributed by atoms with van der Waals surface area (Å²) in [6.45, 7) is 2.12. The van der Waals surface area contributed by atoms with Crippen molar-refractivity contribution in [1.82, 2.24) is 4.57 Å². The van der Waals surface area contributed by atoms with Crippen LogP contribution in [-0.4, -0.2) is 11.8 Å². The van der Waals surface area contributed by atoms with Crippen molar-refractivity contribution < 1.29 is 4.42 Å². The fourth-order valence-electron chi connectivity index (χ4n) is 7.71. The van der Waals surface area contributed by atoms with Crippen LogP contribution in [0, 0.1) is 6.92 Å². The van der Waals surface area contributed by atoms with E-state index in [1.54, 1.807) is 0 Å². The number of rotatable bonds is 4. The minimum Gasteiger partial charge on any atom is -0.456 e. The van der Waals surface area contributed by atoms with E-state index in [1.165, 1.54) is 66.2 Å². The van der Waals surface area contributed by atoms with Gasteiger partial charge in [-0.2, -0.15) is 0 Å². The summed E-state index contributed by atoms with van der Waals surface area (Å²) in [5.41, 5.74) is 16.5. The van der Waals surface area contributed by atoms with E-state index in [1.807, 2.05) is 6.07 Å². The van der Waals surface area contributed by atoms with Gasteiger partial charge in [0.05, 0.1) is 5.52 Å². The van der Waals surface area contributed by atoms with Crippen molar-refractivity contribution in [2.75, 3.05) is 5.32 Å². The zero-order chi connectivity index (χ0) is 31.1. The molecule has 0 fully saturated rings. The standard InChI is InChI=1S/C43H29BN2O/c1-26-19-21-28(22-20-26)45-36-16-8-5-13-29(36)34-23-32(27-11-3-2-4-12-27)41-31-15-6-9-17-37(31)46-38-24-33-30-14-7-10-18-39(30)47-40(33)25-35(38)44-42(34)43(41)46/h2-25,44-45H,1H3. The van der Waals surface area contributed by atoms with Crippen LogP contribution in [0.1, 0.15) is 5.56 Å². The summed E-state index contributed by atoms with van der Waals surface area (Å²) in [4.78, 5) is 0. The zero-order valence-corrected chi connectivity index (χ0v) is 25.9. The molecule has 0 atom stereocenters. The Bertz CT molecular complexity index is 2680. The Labute approximate surface area is 272 Å². The van der Waals surface area contributed by atoms with Gasteiger partial charge in [-0.25, -0.2) is 0 Å². The maximum absolute atomic E-state index is 6.42. The summed E-state index contributed by atoms with van der Waals surface area (Å²) in [5, 5.41) is 8.63. The fourth-order valence-corrected chi connectivity index (χ4v) is 7.71. The van der Waals surface area contributed by atoms with Crippen molar-refractivity contribution in [3.63, 3.8) is 0 Å². The number of hydrogen-bond donors (Lipinski definition) is 1. The minimum absolute atomic E-state index is 0.804. The Morgan fingerprint density at radius 3 is 2.21 bits per heavy atom. The molecule has 9 aromatic rings. The third-order valence-electron chi connectivity index (χ3n) is 9.86. The van der Waals surface area contributed by atoms with E-state index in [9.17, 15) is 0 Å². The molecule has 0 spiro atoms. The van der Waals surface area contributed by atoms with Crippen LogP contribution in [0.2, 0.25) is 0 Å². The van der Waals surface area contributed by atoms with E-state index >= 15 is 0 Å². The van der Waals surface area contributed by atoms with Crippen LogP contribution in [0.5, 0.6) is 0 Å². The van der Waals surface area contributed by atoms with Gasteiger partial charge in [0.15, 0.2) is 7.28 Å². The van der Waals surface area contributed by atoms with Gasteiger partial charge in [-0.05, 0) is 77.6 Å². The highest BCUT2D eigenvalue weighted by Crippen LogP contribution is 2.43. The predicted molar refractivity (Wildman–Crippen MR) is 200 cm³/mol. The molecule has 0 bridgehead atoms. The quantitative estimate of drug-likeness (QED) is 0.204. The molecule has 3 nitrogen and oxygen atoms in total. The first-order chi connectivity index (χ1) is 23.2. The topological polar surface area (TPSA) is 30.1 Å². The molecule has 0 saturated carbocycles. The Morgan fingerprint density at radius 1 is 0.596 bits per heavy atom. The van der Waals surface area contributed by atoms with Gasteiger partial charge in [0.1, 0.15) is 11.2 Å². The zero-order valence-electron chi connectivity index (χ0n) is 25.9. The van der Waals surface area contributed by atoms with Gasteiger partial charge in [-0.1, -0.05) is 108 Å². The predicted octanol–water partition coefficient (Wildman–Crippen LogP) is 9.77. The van der Waals surface area contributed by atoms with Crippen LogP contribution in [0.15, 0.2) is 150 Å². The maximum Gasteiger partial charge on any atom is 0.198 e. The van der Waals surface area contributed by atoms with Crippen LogP contribution < -0.4 is 16.2 Å². The molecule has 4 heteroatoms. The van der Waals surface area contributed by atoms with E-state index in [0.717, 1.165) is 40.6 Å². The Balaban J connectivity index is 1.32. The second-order valence-corrected chi connectivity index (χ2v) is 12.7. The number of nitrogens with zero attached hydrogens (tertiary/aromatic N) is 1. The molecule has 1 N–H and O–H groups in total. The molecule has 10 rings (SSSR count). The second kappa shape index (κ2) is 10.0. The van der Waals surface area contributed by atoms with Gasteiger partial charge in [0.2, 0.25) is 0 Å². The average molecular weight is 601 g/mol. The summed E-state index contributed by atoms with van der Waals surface area (Å²) in [6.07, 6.45) is 0. The largest absolute Gasteiger partial charge is 0.456 e. The Kier molecular flexibility index (Phi) is 5.59. The molecule has 0 aliphatic carbocycles. The second-order valence-electron chi connectivity index (χ2n) is 12.7. The highest BCUT2D eigenvalue weighted by atomic mass is 16.3. The molecule has 2 aromatic heterocycles. The minimum atomic E-state index is 0.804. The molecule has 0 amide bonds. The molecule has 47 heavy (non-hydrogen) atoms. The first-order valence-electron chi connectivity index (χ1n) is 16.2. The van der Waals surface area contributed by atoms with E-state index in [2.05, 4.69) is 156 Å². The van der Waals surface area contributed by atoms with E-state index in [-0.39, 0.29) is 0 Å². The number of hydrogen-bond acceptors (Lipinski definition) is 2. The van der Waals surface area contributed by atoms with Crippen LogP contribution >= 0.6 is 0 Å². The molecule has 0 saturated heterocycles. The number of furan rings is 1. The van der Waals surface area contributed by atoms with Gasteiger partial charge in [-0.15, -0.1) is 0 Å². The molecule has 220 valence electrons. The third kappa shape index (κ3) is 3.95. The van der Waals surface area contributed by atoms with Gasteiger partial charge < -0.3 is 14.3 Å². The van der Waals surface area contributed by atoms with Crippen molar-refractivity contribution in [2.45, 2.75) is 6.92 Å². The summed E-state index contributed by atoms with van der Waals surface area (Å²) >= 11 is 0. The van der Waals surface area contributed by atoms with Gasteiger partial charge >= 0.3 is 0 Å². The van der Waals surface area contributed by atoms with E-state index in [4.69, 9.17) is 4.42 Å². The molecule has 1 aliphatic heterocycles. The lowest BCUT2D eigenvalue weighted by Gasteiger charge is -2.25. The summed E-state index contributed by atoms with van der Waals surface area (Å²) in [6, 6.07) is 52.5. The number of anilines is 2. The Morgan fingerprint density at radius 2 is 1.34 bits per heavy atom. The summed E-state index contributed by atoms with van der Waals surface area (Å²) < 4.78 is 8.93. The number of fused-ring (bicyclic) bond motifs is 8. The highest BCUT2D eigenvalue weighted by Gasteiger charge is 2.29. The van der Waals surface area contributed by atoms with Crippen LogP contribution in [0.3, 0.4) is 0 Å². The smallest absolute Gasteiger partial charge is 0.198 e. The van der Waals surface area contributed by atoms with Crippen molar-refractivity contribution in [3.8, 4) is 27.9 Å². The van der Waals surface area contributed by atoms with Gasteiger partial charge in [-0.3, -0.25) is 0 Å². The first-order valence-corrected chi connectivity index (χ1v) is 16.2. The molecular weight excluding hydrogens is 571 g/mol. The van der Waals surface area contributed by atoms with Crippen LogP contribution in [-0.2, 0) is 0 Å². The lowest BCUT2D eigenvalue weighted by molar-refractivity contribution is 0.669. The van der Waals surface area contributed by atoms with Crippen LogP contribution in [0.4, 0.5) is 11.4 Å². The number of para-hydroxylation sites is 3. The monoisotopic (exact) mass is 600 g/mol. The lowest BCUT2D eigenvalue weighted by Crippen LogP contribution is -2.37. The summed E-state index contributed by atoms with van der Waals surface area (Å²) in [5.74, 6) is 0. The van der Waals surface area contributed by atoms with Crippen molar-refractivity contribution >= 4 is 73.3 Å². The number of benzene rings is 7. The lowest BCUT2D eigenvalue weighted by atomic mass is 9.58.